The van der Waals surface area contributed by atoms with Crippen molar-refractivity contribution in [3.8, 4) is 0 Å². The molecule has 4 nitrogen and oxygen atoms in total. The van der Waals surface area contributed by atoms with Crippen molar-refractivity contribution in [1.29, 1.82) is 0 Å². The molecule has 1 aromatic rings. The Balaban J connectivity index is 1.88. The Kier molecular flexibility index (Phi) is 11.2. The van der Waals surface area contributed by atoms with Gasteiger partial charge in [-0.15, -0.1) is 11.6 Å². The Hall–Kier alpha value is -1.10. The lowest BCUT2D eigenvalue weighted by molar-refractivity contribution is -0.140. The monoisotopic (exact) mass is 438 g/mol. The van der Waals surface area contributed by atoms with Gasteiger partial charge in [-0.2, -0.15) is 0 Å². The van der Waals surface area contributed by atoms with Crippen molar-refractivity contribution in [2.75, 3.05) is 7.11 Å². The Morgan fingerprint density at radius 3 is 2.50 bits per heavy atom. The number of esters is 1. The fraction of sp³-hybridized carbons (Fsp3) is 0.720. The molecule has 2 rings (SSSR count). The van der Waals surface area contributed by atoms with Gasteiger partial charge in [0.25, 0.3) is 0 Å². The molecule has 0 amide bonds. The maximum absolute atomic E-state index is 11.2. The van der Waals surface area contributed by atoms with Crippen LogP contribution in [0.1, 0.15) is 101 Å². The van der Waals surface area contributed by atoms with E-state index >= 15 is 0 Å². The molecule has 1 fully saturated rings. The number of carbonyl (C=O) groups excluding carboxylic acids is 1. The van der Waals surface area contributed by atoms with Crippen molar-refractivity contribution in [1.82, 2.24) is 0 Å². The van der Waals surface area contributed by atoms with Crippen molar-refractivity contribution in [3.05, 3.63) is 35.4 Å². The number of benzene rings is 1. The smallest absolute Gasteiger partial charge is 0.305 e. The van der Waals surface area contributed by atoms with Gasteiger partial charge >= 0.3 is 5.97 Å². The van der Waals surface area contributed by atoms with Crippen LogP contribution in [0, 0.1) is 5.92 Å². The van der Waals surface area contributed by atoms with Crippen LogP contribution in [0.5, 0.6) is 0 Å². The van der Waals surface area contributed by atoms with Crippen LogP contribution in [-0.2, 0) is 9.53 Å². The zero-order chi connectivity index (χ0) is 21.9. The van der Waals surface area contributed by atoms with Gasteiger partial charge in [-0.25, -0.2) is 0 Å². The van der Waals surface area contributed by atoms with Gasteiger partial charge in [0.2, 0.25) is 0 Å². The minimum atomic E-state index is -0.419. The molecule has 30 heavy (non-hydrogen) atoms. The van der Waals surface area contributed by atoms with Crippen LogP contribution in [-0.4, -0.2) is 34.8 Å². The molecule has 2 N–H and O–H groups in total. The molecule has 0 spiro atoms. The molecule has 1 aliphatic carbocycles. The van der Waals surface area contributed by atoms with Crippen LogP contribution in [0.4, 0.5) is 0 Å². The number of hydrogen-bond donors (Lipinski definition) is 2. The predicted octanol–water partition coefficient (Wildman–Crippen LogP) is 5.89. The van der Waals surface area contributed by atoms with E-state index < -0.39 is 12.2 Å². The molecule has 0 saturated heterocycles. The van der Waals surface area contributed by atoms with Crippen LogP contribution in [0.3, 0.4) is 0 Å². The maximum atomic E-state index is 11.2. The number of carbonyl (C=O) groups is 1. The molecule has 1 aliphatic rings. The number of halogens is 1. The van der Waals surface area contributed by atoms with E-state index in [1.807, 2.05) is 12.1 Å². The topological polar surface area (TPSA) is 66.8 Å². The number of ether oxygens (including phenoxy) is 1. The highest BCUT2D eigenvalue weighted by Crippen LogP contribution is 2.45. The number of rotatable bonds is 13. The number of unbranched alkanes of at least 4 members (excludes halogenated alkanes) is 5. The van der Waals surface area contributed by atoms with E-state index in [0.29, 0.717) is 12.8 Å². The van der Waals surface area contributed by atoms with Crippen LogP contribution >= 0.6 is 11.6 Å². The lowest BCUT2D eigenvalue weighted by atomic mass is 9.83. The fourth-order valence-electron chi connectivity index (χ4n) is 4.69. The first kappa shape index (κ1) is 25.2. The molecular weight excluding hydrogens is 400 g/mol. The normalized spacial score (nSPS) is 24.7. The SMILES string of the molecule is CCCCCC(O)c1ccc(C2C(O)CC(Cl)C2CCCCCCC(=O)OC)cc1. The lowest BCUT2D eigenvalue weighted by Crippen LogP contribution is -2.19. The van der Waals surface area contributed by atoms with Crippen molar-refractivity contribution in [2.45, 2.75) is 101 Å². The number of alkyl halides is 1. The van der Waals surface area contributed by atoms with E-state index in [4.69, 9.17) is 11.6 Å². The van der Waals surface area contributed by atoms with Gasteiger partial charge in [0.05, 0.1) is 19.3 Å². The Labute approximate surface area is 187 Å². The van der Waals surface area contributed by atoms with E-state index in [-0.39, 0.29) is 23.2 Å². The summed E-state index contributed by atoms with van der Waals surface area (Å²) in [6.45, 7) is 2.16. The molecule has 1 saturated carbocycles. The zero-order valence-corrected chi connectivity index (χ0v) is 19.3. The molecule has 0 radical (unpaired) electrons. The summed E-state index contributed by atoms with van der Waals surface area (Å²) < 4.78 is 4.67. The van der Waals surface area contributed by atoms with Crippen molar-refractivity contribution >= 4 is 17.6 Å². The largest absolute Gasteiger partial charge is 0.469 e. The summed E-state index contributed by atoms with van der Waals surface area (Å²) in [7, 11) is 1.42. The predicted molar refractivity (Wildman–Crippen MR) is 122 cm³/mol. The molecule has 0 bridgehead atoms. The average Bonchev–Trinajstić information content (AvgIpc) is 3.03. The third kappa shape index (κ3) is 7.55. The molecule has 5 heteroatoms. The first-order valence-electron chi connectivity index (χ1n) is 11.6. The minimum Gasteiger partial charge on any atom is -0.469 e. The Morgan fingerprint density at radius 2 is 1.83 bits per heavy atom. The molecule has 170 valence electrons. The number of hydrogen-bond acceptors (Lipinski definition) is 4. The molecular formula is C25H39ClO4. The third-order valence-electron chi connectivity index (χ3n) is 6.49. The summed E-state index contributed by atoms with van der Waals surface area (Å²) in [6.07, 6.45) is 9.35. The quantitative estimate of drug-likeness (QED) is 0.229. The Morgan fingerprint density at radius 1 is 1.13 bits per heavy atom. The molecule has 0 aromatic heterocycles. The van der Waals surface area contributed by atoms with Crippen molar-refractivity contribution in [2.24, 2.45) is 5.92 Å². The Bertz CT molecular complexity index is 618. The van der Waals surface area contributed by atoms with Gasteiger partial charge in [-0.3, -0.25) is 4.79 Å². The first-order valence-corrected chi connectivity index (χ1v) is 12.1. The number of methoxy groups -OCH3 is 1. The molecule has 5 atom stereocenters. The second-order valence-electron chi connectivity index (χ2n) is 8.72. The van der Waals surface area contributed by atoms with Gasteiger partial charge in [0, 0.05) is 17.7 Å². The highest BCUT2D eigenvalue weighted by Gasteiger charge is 2.41. The molecule has 5 unspecified atom stereocenters. The number of aliphatic hydroxyl groups excluding tert-OH is 2. The van der Waals surface area contributed by atoms with Crippen LogP contribution < -0.4 is 0 Å². The third-order valence-corrected chi connectivity index (χ3v) is 6.99. The van der Waals surface area contributed by atoms with E-state index in [0.717, 1.165) is 68.9 Å². The van der Waals surface area contributed by atoms with Crippen LogP contribution in [0.15, 0.2) is 24.3 Å². The van der Waals surface area contributed by atoms with Gasteiger partial charge in [0.1, 0.15) is 0 Å². The minimum absolute atomic E-state index is 0.0145. The maximum Gasteiger partial charge on any atom is 0.305 e. The van der Waals surface area contributed by atoms with Crippen molar-refractivity contribution < 1.29 is 19.7 Å². The van der Waals surface area contributed by atoms with Gasteiger partial charge in [-0.1, -0.05) is 69.7 Å². The summed E-state index contributed by atoms with van der Waals surface area (Å²) >= 11 is 6.61. The fourth-order valence-corrected chi connectivity index (χ4v) is 5.16. The van der Waals surface area contributed by atoms with Gasteiger partial charge in [-0.05, 0) is 42.7 Å². The van der Waals surface area contributed by atoms with Gasteiger partial charge < -0.3 is 14.9 Å². The first-order chi connectivity index (χ1) is 14.5. The van der Waals surface area contributed by atoms with Crippen molar-refractivity contribution in [3.63, 3.8) is 0 Å². The second kappa shape index (κ2) is 13.3. The molecule has 0 aliphatic heterocycles. The van der Waals surface area contributed by atoms with E-state index in [2.05, 4.69) is 23.8 Å². The second-order valence-corrected chi connectivity index (χ2v) is 9.28. The van der Waals surface area contributed by atoms with E-state index in [1.165, 1.54) is 7.11 Å². The highest BCUT2D eigenvalue weighted by molar-refractivity contribution is 6.21. The standard InChI is InChI=1S/C25H39ClO4/c1-3-4-7-11-22(27)18-13-15-19(16-14-18)25-20(21(26)17-23(25)28)10-8-5-6-9-12-24(29)30-2/h13-16,20-23,25,27-28H,3-12,17H2,1-2H3. The summed E-state index contributed by atoms with van der Waals surface area (Å²) in [4.78, 5) is 11.2. The molecule has 0 heterocycles. The van der Waals surface area contributed by atoms with Crippen LogP contribution in [0.25, 0.3) is 0 Å². The van der Waals surface area contributed by atoms with E-state index in [9.17, 15) is 15.0 Å². The lowest BCUT2D eigenvalue weighted by Gasteiger charge is -2.24. The molecule has 1 aromatic carbocycles. The van der Waals surface area contributed by atoms with E-state index in [1.54, 1.807) is 0 Å². The number of aliphatic hydroxyl groups is 2. The highest BCUT2D eigenvalue weighted by atomic mass is 35.5. The average molecular weight is 439 g/mol. The summed E-state index contributed by atoms with van der Waals surface area (Å²) in [5, 5.41) is 21.0. The zero-order valence-electron chi connectivity index (χ0n) is 18.6. The summed E-state index contributed by atoms with van der Waals surface area (Å²) in [5.41, 5.74) is 2.07. The van der Waals surface area contributed by atoms with Crippen LogP contribution in [0.2, 0.25) is 0 Å². The summed E-state index contributed by atoms with van der Waals surface area (Å²) in [5.74, 6) is 0.158. The van der Waals surface area contributed by atoms with Gasteiger partial charge in [0.15, 0.2) is 0 Å². The summed E-state index contributed by atoms with van der Waals surface area (Å²) in [6, 6.07) is 8.13.